The predicted molar refractivity (Wildman–Crippen MR) is 63.4 cm³/mol. The maximum absolute atomic E-state index is 4.60. The topological polar surface area (TPSA) is 53.6 Å². The van der Waals surface area contributed by atoms with Crippen molar-refractivity contribution in [1.29, 1.82) is 0 Å². The molecule has 4 heteroatoms. The number of fused-ring (bicyclic) bond motifs is 1. The van der Waals surface area contributed by atoms with Crippen LogP contribution in [0.25, 0.3) is 11.2 Å². The Bertz CT molecular complexity index is 517. The van der Waals surface area contributed by atoms with Crippen LogP contribution in [0.4, 0.5) is 0 Å². The molecule has 3 rings (SSSR count). The molecule has 1 saturated heterocycles. The second-order valence-corrected chi connectivity index (χ2v) is 4.69. The minimum atomic E-state index is 0.495. The Balaban J connectivity index is 2.04. The first-order valence-electron chi connectivity index (χ1n) is 5.78. The first-order chi connectivity index (χ1) is 7.74. The fourth-order valence-corrected chi connectivity index (χ4v) is 2.36. The summed E-state index contributed by atoms with van der Waals surface area (Å²) in [7, 11) is 0. The fraction of sp³-hybridized carbons (Fsp3) is 0.500. The molecule has 0 amide bonds. The maximum Gasteiger partial charge on any atom is 0.177 e. The highest BCUT2D eigenvalue weighted by atomic mass is 15.0. The van der Waals surface area contributed by atoms with Gasteiger partial charge < -0.3 is 10.3 Å². The molecule has 0 radical (unpaired) electrons. The summed E-state index contributed by atoms with van der Waals surface area (Å²) in [6, 6.07) is 4.07. The van der Waals surface area contributed by atoms with Crippen molar-refractivity contribution in [3.05, 3.63) is 23.7 Å². The second-order valence-electron chi connectivity index (χ2n) is 4.69. The first-order valence-corrected chi connectivity index (χ1v) is 5.78. The quantitative estimate of drug-likeness (QED) is 0.761. The van der Waals surface area contributed by atoms with E-state index in [0.717, 1.165) is 35.8 Å². The number of aromatic nitrogens is 3. The average molecular weight is 216 g/mol. The average Bonchev–Trinajstić information content (AvgIpc) is 2.82. The maximum atomic E-state index is 4.60. The molecule has 0 spiro atoms. The van der Waals surface area contributed by atoms with Gasteiger partial charge in [-0.1, -0.05) is 6.92 Å². The number of aromatic amines is 1. The molecule has 2 atom stereocenters. The van der Waals surface area contributed by atoms with Gasteiger partial charge in [-0.2, -0.15) is 0 Å². The van der Waals surface area contributed by atoms with Gasteiger partial charge in [0.15, 0.2) is 5.65 Å². The number of aryl methyl sites for hydroxylation is 1. The summed E-state index contributed by atoms with van der Waals surface area (Å²) < 4.78 is 0. The summed E-state index contributed by atoms with van der Waals surface area (Å²) in [6.45, 7) is 6.35. The molecule has 0 aromatic carbocycles. The number of pyridine rings is 1. The van der Waals surface area contributed by atoms with Crippen LogP contribution in [0.1, 0.15) is 24.4 Å². The lowest BCUT2D eigenvalue weighted by Crippen LogP contribution is -2.09. The molecule has 1 fully saturated rings. The monoisotopic (exact) mass is 216 g/mol. The van der Waals surface area contributed by atoms with E-state index in [-0.39, 0.29) is 0 Å². The molecular weight excluding hydrogens is 200 g/mol. The molecule has 2 N–H and O–H groups in total. The second kappa shape index (κ2) is 3.56. The van der Waals surface area contributed by atoms with Crippen LogP contribution in [-0.2, 0) is 0 Å². The van der Waals surface area contributed by atoms with Gasteiger partial charge in [-0.3, -0.25) is 0 Å². The summed E-state index contributed by atoms with van der Waals surface area (Å²) >= 11 is 0. The van der Waals surface area contributed by atoms with E-state index in [1.165, 1.54) is 0 Å². The van der Waals surface area contributed by atoms with Gasteiger partial charge in [-0.25, -0.2) is 9.97 Å². The predicted octanol–water partition coefficient (Wildman–Crippen LogP) is 1.59. The number of rotatable bonds is 1. The van der Waals surface area contributed by atoms with Crippen molar-refractivity contribution in [2.45, 2.75) is 19.8 Å². The largest absolute Gasteiger partial charge is 0.340 e. The SMILES string of the molecule is Cc1ccc2[nH]c(C3CNCC3C)nc2n1. The molecule has 2 aromatic heterocycles. The van der Waals surface area contributed by atoms with E-state index in [2.05, 4.69) is 33.3 Å². The number of nitrogens with one attached hydrogen (secondary N) is 2. The van der Waals surface area contributed by atoms with Crippen LogP contribution >= 0.6 is 0 Å². The Morgan fingerprint density at radius 2 is 2.12 bits per heavy atom. The summed E-state index contributed by atoms with van der Waals surface area (Å²) in [4.78, 5) is 12.4. The third kappa shape index (κ3) is 1.50. The van der Waals surface area contributed by atoms with Crippen molar-refractivity contribution in [2.24, 2.45) is 5.92 Å². The van der Waals surface area contributed by atoms with Gasteiger partial charge in [-0.15, -0.1) is 0 Å². The summed E-state index contributed by atoms with van der Waals surface area (Å²) in [6.07, 6.45) is 0. The minimum absolute atomic E-state index is 0.495. The lowest BCUT2D eigenvalue weighted by Gasteiger charge is -2.09. The molecule has 1 aliphatic rings. The van der Waals surface area contributed by atoms with Gasteiger partial charge in [-0.05, 0) is 31.5 Å². The van der Waals surface area contributed by atoms with E-state index in [9.17, 15) is 0 Å². The van der Waals surface area contributed by atoms with E-state index in [4.69, 9.17) is 0 Å². The van der Waals surface area contributed by atoms with Crippen LogP contribution in [0.2, 0.25) is 0 Å². The van der Waals surface area contributed by atoms with E-state index in [1.807, 2.05) is 13.0 Å². The van der Waals surface area contributed by atoms with Crippen molar-refractivity contribution < 1.29 is 0 Å². The molecule has 0 saturated carbocycles. The van der Waals surface area contributed by atoms with Crippen LogP contribution < -0.4 is 5.32 Å². The Kier molecular flexibility index (Phi) is 2.17. The molecule has 0 bridgehead atoms. The van der Waals surface area contributed by atoms with E-state index >= 15 is 0 Å². The van der Waals surface area contributed by atoms with Gasteiger partial charge in [0.05, 0.1) is 5.52 Å². The number of H-pyrrole nitrogens is 1. The number of imidazole rings is 1. The summed E-state index contributed by atoms with van der Waals surface area (Å²) in [5, 5.41) is 3.40. The fourth-order valence-electron chi connectivity index (χ4n) is 2.36. The van der Waals surface area contributed by atoms with Crippen LogP contribution in [0.3, 0.4) is 0 Å². The highest BCUT2D eigenvalue weighted by molar-refractivity contribution is 5.70. The summed E-state index contributed by atoms with van der Waals surface area (Å²) in [5.41, 5.74) is 2.90. The zero-order chi connectivity index (χ0) is 11.1. The number of hydrogen-bond acceptors (Lipinski definition) is 3. The van der Waals surface area contributed by atoms with Crippen molar-refractivity contribution in [1.82, 2.24) is 20.3 Å². The first kappa shape index (κ1) is 9.78. The molecule has 2 aromatic rings. The molecular formula is C12H16N4. The van der Waals surface area contributed by atoms with Crippen molar-refractivity contribution in [2.75, 3.05) is 13.1 Å². The van der Waals surface area contributed by atoms with Crippen LogP contribution in [0.5, 0.6) is 0 Å². The van der Waals surface area contributed by atoms with Crippen LogP contribution in [0, 0.1) is 12.8 Å². The van der Waals surface area contributed by atoms with E-state index in [0.29, 0.717) is 11.8 Å². The van der Waals surface area contributed by atoms with Crippen molar-refractivity contribution in [3.63, 3.8) is 0 Å². The minimum Gasteiger partial charge on any atom is -0.340 e. The molecule has 1 aliphatic heterocycles. The third-order valence-electron chi connectivity index (χ3n) is 3.37. The van der Waals surface area contributed by atoms with Gasteiger partial charge in [0.2, 0.25) is 0 Å². The molecule has 4 nitrogen and oxygen atoms in total. The molecule has 84 valence electrons. The highest BCUT2D eigenvalue weighted by Gasteiger charge is 2.27. The zero-order valence-corrected chi connectivity index (χ0v) is 9.62. The molecule has 0 aliphatic carbocycles. The van der Waals surface area contributed by atoms with Crippen molar-refractivity contribution in [3.8, 4) is 0 Å². The normalized spacial score (nSPS) is 25.4. The molecule has 3 heterocycles. The standard InChI is InChI=1S/C12H16N4/c1-7-5-13-6-9(7)11-15-10-4-3-8(2)14-12(10)16-11/h3-4,7,9,13H,5-6H2,1-2H3,(H,14,15,16). The third-order valence-corrected chi connectivity index (χ3v) is 3.37. The van der Waals surface area contributed by atoms with Gasteiger partial charge >= 0.3 is 0 Å². The van der Waals surface area contributed by atoms with E-state index < -0.39 is 0 Å². The van der Waals surface area contributed by atoms with Crippen LogP contribution in [-0.4, -0.2) is 28.0 Å². The smallest absolute Gasteiger partial charge is 0.177 e. The van der Waals surface area contributed by atoms with Crippen LogP contribution in [0.15, 0.2) is 12.1 Å². The van der Waals surface area contributed by atoms with Gasteiger partial charge in [0.1, 0.15) is 5.82 Å². The number of hydrogen-bond donors (Lipinski definition) is 2. The van der Waals surface area contributed by atoms with E-state index in [1.54, 1.807) is 0 Å². The Labute approximate surface area is 94.5 Å². The Hall–Kier alpha value is -1.42. The van der Waals surface area contributed by atoms with Gasteiger partial charge in [0.25, 0.3) is 0 Å². The Morgan fingerprint density at radius 1 is 1.25 bits per heavy atom. The number of nitrogens with zero attached hydrogens (tertiary/aromatic N) is 2. The van der Waals surface area contributed by atoms with Crippen molar-refractivity contribution >= 4 is 11.2 Å². The highest BCUT2D eigenvalue weighted by Crippen LogP contribution is 2.26. The zero-order valence-electron chi connectivity index (χ0n) is 9.62. The lowest BCUT2D eigenvalue weighted by molar-refractivity contribution is 0.551. The lowest BCUT2D eigenvalue weighted by atomic mass is 9.98. The summed E-state index contributed by atoms with van der Waals surface area (Å²) in [5.74, 6) is 2.21. The molecule has 16 heavy (non-hydrogen) atoms. The Morgan fingerprint density at radius 3 is 2.88 bits per heavy atom. The molecule has 2 unspecified atom stereocenters. The van der Waals surface area contributed by atoms with Gasteiger partial charge in [0, 0.05) is 18.2 Å².